The molecule has 3 heterocycles. The lowest BCUT2D eigenvalue weighted by Crippen LogP contribution is -2.50. The zero-order valence-corrected chi connectivity index (χ0v) is 21.3. The van der Waals surface area contributed by atoms with E-state index in [0.29, 0.717) is 31.2 Å². The van der Waals surface area contributed by atoms with E-state index in [1.165, 1.54) is 30.0 Å². The average molecular weight is 552 g/mol. The summed E-state index contributed by atoms with van der Waals surface area (Å²) >= 11 is 0. The predicted molar refractivity (Wildman–Crippen MR) is 132 cm³/mol. The first-order valence-corrected chi connectivity index (χ1v) is 13.1. The molecule has 3 atom stereocenters. The van der Waals surface area contributed by atoms with Crippen molar-refractivity contribution in [2.45, 2.75) is 75.5 Å². The fourth-order valence-corrected chi connectivity index (χ4v) is 5.85. The first-order chi connectivity index (χ1) is 18.5. The minimum absolute atomic E-state index is 0.0858. The number of pyridine rings is 1. The number of piperidine rings is 1. The molecule has 12 heteroatoms. The van der Waals surface area contributed by atoms with Crippen LogP contribution in [-0.4, -0.2) is 61.9 Å². The Kier molecular flexibility index (Phi) is 7.60. The number of nitrogens with zero attached hydrogens (tertiary/aromatic N) is 4. The van der Waals surface area contributed by atoms with Gasteiger partial charge in [0.05, 0.1) is 23.3 Å². The lowest BCUT2D eigenvalue weighted by Gasteiger charge is -2.41. The highest BCUT2D eigenvalue weighted by molar-refractivity contribution is 5.94. The Morgan fingerprint density at radius 1 is 1.18 bits per heavy atom. The van der Waals surface area contributed by atoms with E-state index < -0.39 is 41.8 Å². The van der Waals surface area contributed by atoms with E-state index >= 15 is 0 Å². The quantitative estimate of drug-likeness (QED) is 0.445. The van der Waals surface area contributed by atoms with Crippen LogP contribution in [0, 0.1) is 5.82 Å². The Hall–Kier alpha value is -3.12. The molecule has 1 saturated carbocycles. The number of halogens is 5. The molecule has 2 fully saturated rings. The van der Waals surface area contributed by atoms with E-state index in [1.54, 1.807) is 6.07 Å². The molecule has 1 saturated heterocycles. The van der Waals surface area contributed by atoms with Gasteiger partial charge in [0.15, 0.2) is 5.65 Å². The van der Waals surface area contributed by atoms with Crippen molar-refractivity contribution in [1.29, 1.82) is 0 Å². The molecule has 210 valence electrons. The minimum Gasteiger partial charge on any atom is -0.389 e. The number of carbonyl (C=O) groups excluding carboxylic acids is 1. The Balaban J connectivity index is 1.32. The van der Waals surface area contributed by atoms with Gasteiger partial charge in [-0.25, -0.2) is 18.3 Å². The van der Waals surface area contributed by atoms with Gasteiger partial charge in [-0.1, -0.05) is 12.1 Å². The number of aliphatic hydroxyl groups excluding tert-OH is 1. The largest absolute Gasteiger partial charge is 0.419 e. The Morgan fingerprint density at radius 3 is 2.62 bits per heavy atom. The van der Waals surface area contributed by atoms with Gasteiger partial charge in [-0.15, -0.1) is 0 Å². The van der Waals surface area contributed by atoms with Crippen LogP contribution in [0.4, 0.5) is 22.0 Å². The van der Waals surface area contributed by atoms with Crippen molar-refractivity contribution in [2.75, 3.05) is 13.1 Å². The van der Waals surface area contributed by atoms with E-state index in [4.69, 9.17) is 0 Å². The van der Waals surface area contributed by atoms with Crippen molar-refractivity contribution in [1.82, 2.24) is 24.8 Å². The number of likely N-dealkylation sites (tertiary alicyclic amines) is 1. The van der Waals surface area contributed by atoms with Crippen LogP contribution in [0.3, 0.4) is 0 Å². The molecule has 2 aliphatic rings. The molecule has 1 amide bonds. The van der Waals surface area contributed by atoms with Gasteiger partial charge in [-0.05, 0) is 57.1 Å². The first-order valence-electron chi connectivity index (χ1n) is 13.1. The summed E-state index contributed by atoms with van der Waals surface area (Å²) in [6.45, 7) is 2.36. The molecule has 3 aromatic rings. The second-order valence-electron chi connectivity index (χ2n) is 10.5. The number of alkyl halides is 4. The molecular weight excluding hydrogens is 521 g/mol. The van der Waals surface area contributed by atoms with Crippen molar-refractivity contribution >= 4 is 11.6 Å². The number of amides is 1. The summed E-state index contributed by atoms with van der Waals surface area (Å²) in [4.78, 5) is 19.7. The summed E-state index contributed by atoms with van der Waals surface area (Å²) in [5, 5.41) is 16.7. The maximum Gasteiger partial charge on any atom is 0.419 e. The minimum atomic E-state index is -4.85. The number of hydrogen-bond acceptors (Lipinski definition) is 5. The van der Waals surface area contributed by atoms with Crippen LogP contribution >= 0.6 is 0 Å². The first kappa shape index (κ1) is 27.4. The molecule has 0 radical (unpaired) electrons. The van der Waals surface area contributed by atoms with Crippen molar-refractivity contribution in [2.24, 2.45) is 0 Å². The van der Waals surface area contributed by atoms with Crippen LogP contribution in [-0.2, 0) is 6.18 Å². The summed E-state index contributed by atoms with van der Waals surface area (Å²) in [6.07, 6.45) is -0.505. The zero-order chi connectivity index (χ0) is 27.9. The van der Waals surface area contributed by atoms with Gasteiger partial charge in [0.2, 0.25) is 0 Å². The number of rotatable bonds is 5. The van der Waals surface area contributed by atoms with Crippen LogP contribution in [0.25, 0.3) is 5.65 Å². The fraction of sp³-hybridized carbons (Fsp3) is 0.519. The van der Waals surface area contributed by atoms with Crippen molar-refractivity contribution < 1.29 is 31.9 Å². The van der Waals surface area contributed by atoms with Gasteiger partial charge in [0.1, 0.15) is 18.3 Å². The summed E-state index contributed by atoms with van der Waals surface area (Å²) in [7, 11) is 0. The maximum absolute atomic E-state index is 14.6. The number of hydrogen-bond donors (Lipinski definition) is 2. The third kappa shape index (κ3) is 5.62. The summed E-state index contributed by atoms with van der Waals surface area (Å²) in [5.41, 5.74) is 0.0317. The lowest BCUT2D eigenvalue weighted by atomic mass is 9.80. The number of benzene rings is 1. The van der Waals surface area contributed by atoms with Gasteiger partial charge in [0.25, 0.3) is 5.91 Å². The third-order valence-electron chi connectivity index (χ3n) is 8.00. The Labute approximate surface area is 222 Å². The molecule has 1 aliphatic carbocycles. The monoisotopic (exact) mass is 551 g/mol. The number of nitrogens with one attached hydrogen (secondary N) is 1. The second kappa shape index (κ2) is 10.8. The van der Waals surface area contributed by atoms with Crippen molar-refractivity contribution in [3.05, 3.63) is 64.9 Å². The fourth-order valence-electron chi connectivity index (χ4n) is 5.85. The van der Waals surface area contributed by atoms with Gasteiger partial charge in [-0.2, -0.15) is 18.3 Å². The van der Waals surface area contributed by atoms with Crippen LogP contribution in [0.5, 0.6) is 0 Å². The molecule has 5 rings (SSSR count). The van der Waals surface area contributed by atoms with E-state index in [2.05, 4.69) is 20.3 Å². The van der Waals surface area contributed by atoms with E-state index in [0.717, 1.165) is 37.3 Å². The van der Waals surface area contributed by atoms with E-state index in [-0.39, 0.29) is 23.1 Å². The smallest absolute Gasteiger partial charge is 0.389 e. The molecule has 2 unspecified atom stereocenters. The topological polar surface area (TPSA) is 82.8 Å². The van der Waals surface area contributed by atoms with Crippen molar-refractivity contribution in [3.8, 4) is 0 Å². The Bertz CT molecular complexity index is 1340. The molecular formula is C27H30F5N5O2. The number of aromatic nitrogens is 3. The molecule has 0 spiro atoms. The number of fused-ring (bicyclic) bond motifs is 1. The molecule has 1 aromatic carbocycles. The zero-order valence-electron chi connectivity index (χ0n) is 21.3. The Morgan fingerprint density at radius 2 is 1.92 bits per heavy atom. The standard InChI is InChI=1S/C27H30F5N5O2/c1-15(19-3-2-4-21(24(19)29)27(30,31)32)35-26(39)17-11-20(25-33-14-34-37(25)12-17)16-5-7-18(8-6-16)36-10-9-22(28)23(38)13-36/h2-4,11-12,14-16,18,22-23,38H,5-10,13H2,1H3,(H,35,39)/t15-,16?,18?,22?,23?/m1/s1. The SMILES string of the molecule is C[C@@H](NC(=O)c1cc(C2CCC(N3CCC(F)C(O)C3)CC2)c2ncnn2c1)c1cccc(C(F)(F)F)c1F. The average Bonchev–Trinajstić information content (AvgIpc) is 3.38. The molecule has 2 N–H and O–H groups in total. The van der Waals surface area contributed by atoms with Crippen LogP contribution in [0.15, 0.2) is 36.8 Å². The summed E-state index contributed by atoms with van der Waals surface area (Å²) in [5.74, 6) is -1.90. The van der Waals surface area contributed by atoms with Crippen LogP contribution in [0.2, 0.25) is 0 Å². The van der Waals surface area contributed by atoms with E-state index in [9.17, 15) is 31.9 Å². The number of aliphatic hydroxyl groups is 1. The number of β-amino-alcohol motifs (C(OH)–C–C–N with tert-alkyl or cyclic N) is 1. The second-order valence-corrected chi connectivity index (χ2v) is 10.5. The summed E-state index contributed by atoms with van der Waals surface area (Å²) < 4.78 is 69.3. The molecule has 1 aliphatic heterocycles. The van der Waals surface area contributed by atoms with Gasteiger partial charge in [-0.3, -0.25) is 9.69 Å². The predicted octanol–water partition coefficient (Wildman–Crippen LogP) is 4.81. The molecule has 39 heavy (non-hydrogen) atoms. The molecule has 0 bridgehead atoms. The molecule has 7 nitrogen and oxygen atoms in total. The summed E-state index contributed by atoms with van der Waals surface area (Å²) in [6, 6.07) is 3.94. The van der Waals surface area contributed by atoms with Crippen LogP contribution in [0.1, 0.15) is 78.0 Å². The van der Waals surface area contributed by atoms with Gasteiger partial charge >= 0.3 is 6.18 Å². The lowest BCUT2D eigenvalue weighted by molar-refractivity contribution is -0.140. The highest BCUT2D eigenvalue weighted by Crippen LogP contribution is 2.38. The van der Waals surface area contributed by atoms with E-state index in [1.807, 2.05) is 0 Å². The maximum atomic E-state index is 14.6. The highest BCUT2D eigenvalue weighted by Gasteiger charge is 2.36. The van der Waals surface area contributed by atoms with Crippen LogP contribution < -0.4 is 5.32 Å². The van der Waals surface area contributed by atoms with Crippen molar-refractivity contribution in [3.63, 3.8) is 0 Å². The third-order valence-corrected chi connectivity index (χ3v) is 8.00. The van der Waals surface area contributed by atoms with Gasteiger partial charge in [0, 0.05) is 36.5 Å². The van der Waals surface area contributed by atoms with Gasteiger partial charge < -0.3 is 10.4 Å². The normalized spacial score (nSPS) is 25.5. The molecule has 2 aromatic heterocycles. The number of carbonyl (C=O) groups is 1. The highest BCUT2D eigenvalue weighted by atomic mass is 19.4.